The predicted octanol–water partition coefficient (Wildman–Crippen LogP) is 2.45. The monoisotopic (exact) mass is 273 g/mol. The average molecular weight is 273 g/mol. The number of aryl methyl sites for hydroxylation is 1. The molecule has 0 bridgehead atoms. The minimum atomic E-state index is 0.812. The van der Waals surface area contributed by atoms with Crippen molar-refractivity contribution >= 4 is 27.4 Å². The molecule has 0 aliphatic carbocycles. The summed E-state index contributed by atoms with van der Waals surface area (Å²) in [6.45, 7) is 3.85. The van der Waals surface area contributed by atoms with Gasteiger partial charge in [-0.25, -0.2) is 9.97 Å². The van der Waals surface area contributed by atoms with E-state index in [2.05, 4.69) is 38.3 Å². The van der Waals surface area contributed by atoms with E-state index in [1.807, 2.05) is 24.1 Å². The zero-order chi connectivity index (χ0) is 13.2. The molecule has 0 fully saturated rings. The largest absolute Gasteiger partial charge is 0.352 e. The van der Waals surface area contributed by atoms with Crippen molar-refractivity contribution in [3.05, 3.63) is 35.7 Å². The molecular weight excluding hydrogens is 258 g/mol. The van der Waals surface area contributed by atoms with Crippen molar-refractivity contribution in [3.63, 3.8) is 0 Å². The van der Waals surface area contributed by atoms with Gasteiger partial charge in [-0.3, -0.25) is 4.68 Å². The summed E-state index contributed by atoms with van der Waals surface area (Å²) < 4.78 is 1.82. The van der Waals surface area contributed by atoms with Crippen LogP contribution in [0.2, 0.25) is 0 Å². The molecule has 5 nitrogen and oxygen atoms in total. The van der Waals surface area contributed by atoms with E-state index in [1.165, 1.54) is 5.56 Å². The van der Waals surface area contributed by atoms with Crippen molar-refractivity contribution in [2.24, 2.45) is 7.05 Å². The molecule has 0 saturated heterocycles. The van der Waals surface area contributed by atoms with Gasteiger partial charge in [-0.2, -0.15) is 5.10 Å². The highest BCUT2D eigenvalue weighted by Gasteiger charge is 2.12. The summed E-state index contributed by atoms with van der Waals surface area (Å²) in [5, 5.41) is 7.39. The molecule has 0 aliphatic rings. The SMILES string of the molecule is CCN(Cc1cnn(C)c1)c1ncnc2sccc12. The van der Waals surface area contributed by atoms with Gasteiger partial charge in [0, 0.05) is 31.9 Å². The molecule has 0 N–H and O–H groups in total. The standard InChI is InChI=1S/C13H15N5S/c1-3-18(8-10-6-16-17(2)7-10)12-11-4-5-19-13(11)15-9-14-12/h4-7,9H,3,8H2,1-2H3. The van der Waals surface area contributed by atoms with E-state index < -0.39 is 0 Å². The first-order valence-electron chi connectivity index (χ1n) is 6.18. The van der Waals surface area contributed by atoms with Crippen LogP contribution in [0, 0.1) is 0 Å². The fourth-order valence-electron chi connectivity index (χ4n) is 2.14. The normalized spacial score (nSPS) is 11.1. The Kier molecular flexibility index (Phi) is 3.16. The molecule has 0 unspecified atom stereocenters. The molecule has 98 valence electrons. The second-order valence-electron chi connectivity index (χ2n) is 4.37. The number of nitrogens with zero attached hydrogens (tertiary/aromatic N) is 5. The Morgan fingerprint density at radius 1 is 1.37 bits per heavy atom. The third-order valence-electron chi connectivity index (χ3n) is 3.05. The van der Waals surface area contributed by atoms with Crippen LogP contribution in [0.3, 0.4) is 0 Å². The van der Waals surface area contributed by atoms with Crippen molar-refractivity contribution in [3.8, 4) is 0 Å². The molecule has 6 heteroatoms. The fourth-order valence-corrected chi connectivity index (χ4v) is 2.87. The van der Waals surface area contributed by atoms with E-state index in [1.54, 1.807) is 17.7 Å². The minimum Gasteiger partial charge on any atom is -0.352 e. The molecule has 3 aromatic heterocycles. The van der Waals surface area contributed by atoms with E-state index in [9.17, 15) is 0 Å². The molecule has 3 heterocycles. The Labute approximate surface area is 115 Å². The first-order valence-corrected chi connectivity index (χ1v) is 7.06. The van der Waals surface area contributed by atoms with E-state index in [0.717, 1.165) is 29.1 Å². The second kappa shape index (κ2) is 4.97. The third kappa shape index (κ3) is 2.31. The van der Waals surface area contributed by atoms with Crippen LogP contribution in [0.1, 0.15) is 12.5 Å². The highest BCUT2D eigenvalue weighted by Crippen LogP contribution is 2.27. The van der Waals surface area contributed by atoms with Crippen molar-refractivity contribution in [2.45, 2.75) is 13.5 Å². The summed E-state index contributed by atoms with van der Waals surface area (Å²) in [5.74, 6) is 0.998. The molecule has 0 atom stereocenters. The van der Waals surface area contributed by atoms with E-state index >= 15 is 0 Å². The van der Waals surface area contributed by atoms with Gasteiger partial charge in [0.05, 0.1) is 11.6 Å². The van der Waals surface area contributed by atoms with E-state index in [0.29, 0.717) is 0 Å². The maximum absolute atomic E-state index is 4.45. The van der Waals surface area contributed by atoms with Gasteiger partial charge in [0.2, 0.25) is 0 Å². The number of rotatable bonds is 4. The van der Waals surface area contributed by atoms with Gasteiger partial charge < -0.3 is 4.90 Å². The van der Waals surface area contributed by atoms with Crippen LogP contribution in [-0.2, 0) is 13.6 Å². The third-order valence-corrected chi connectivity index (χ3v) is 3.87. The van der Waals surface area contributed by atoms with Crippen LogP contribution >= 0.6 is 11.3 Å². The van der Waals surface area contributed by atoms with Crippen LogP contribution in [0.4, 0.5) is 5.82 Å². The molecule has 0 amide bonds. The maximum atomic E-state index is 4.45. The van der Waals surface area contributed by atoms with E-state index in [4.69, 9.17) is 0 Å². The summed E-state index contributed by atoms with van der Waals surface area (Å²) in [4.78, 5) is 12.0. The van der Waals surface area contributed by atoms with Gasteiger partial charge in [-0.1, -0.05) is 0 Å². The summed E-state index contributed by atoms with van der Waals surface area (Å²) in [5.41, 5.74) is 1.19. The Bertz CT molecular complexity index is 687. The first kappa shape index (κ1) is 12.1. The van der Waals surface area contributed by atoms with Gasteiger partial charge in [-0.15, -0.1) is 11.3 Å². The van der Waals surface area contributed by atoms with Gasteiger partial charge in [0.15, 0.2) is 0 Å². The number of thiophene rings is 1. The number of hydrogen-bond acceptors (Lipinski definition) is 5. The quantitative estimate of drug-likeness (QED) is 0.732. The Morgan fingerprint density at radius 2 is 2.26 bits per heavy atom. The Balaban J connectivity index is 1.95. The molecule has 0 aromatic carbocycles. The zero-order valence-electron chi connectivity index (χ0n) is 10.9. The molecule has 0 saturated carbocycles. The first-order chi connectivity index (χ1) is 9.28. The summed E-state index contributed by atoms with van der Waals surface area (Å²) in [6.07, 6.45) is 5.57. The smallest absolute Gasteiger partial charge is 0.141 e. The van der Waals surface area contributed by atoms with E-state index in [-0.39, 0.29) is 0 Å². The summed E-state index contributed by atoms with van der Waals surface area (Å²) in [7, 11) is 1.93. The van der Waals surface area contributed by atoms with Gasteiger partial charge in [0.25, 0.3) is 0 Å². The number of fused-ring (bicyclic) bond motifs is 1. The highest BCUT2D eigenvalue weighted by atomic mass is 32.1. The van der Waals surface area contributed by atoms with Gasteiger partial charge in [0.1, 0.15) is 17.0 Å². The predicted molar refractivity (Wildman–Crippen MR) is 77.3 cm³/mol. The van der Waals surface area contributed by atoms with Crippen molar-refractivity contribution in [1.29, 1.82) is 0 Å². The Morgan fingerprint density at radius 3 is 3.00 bits per heavy atom. The van der Waals surface area contributed by atoms with Gasteiger partial charge in [-0.05, 0) is 18.4 Å². The van der Waals surface area contributed by atoms with Crippen molar-refractivity contribution < 1.29 is 0 Å². The molecular formula is C13H15N5S. The van der Waals surface area contributed by atoms with Crippen LogP contribution in [0.25, 0.3) is 10.2 Å². The topological polar surface area (TPSA) is 46.8 Å². The maximum Gasteiger partial charge on any atom is 0.141 e. The average Bonchev–Trinajstić information content (AvgIpc) is 3.04. The van der Waals surface area contributed by atoms with Crippen LogP contribution < -0.4 is 4.90 Å². The minimum absolute atomic E-state index is 0.812. The van der Waals surface area contributed by atoms with Crippen LogP contribution in [-0.4, -0.2) is 26.3 Å². The van der Waals surface area contributed by atoms with Crippen LogP contribution in [0.5, 0.6) is 0 Å². The molecule has 3 aromatic rings. The van der Waals surface area contributed by atoms with Crippen LogP contribution in [0.15, 0.2) is 30.2 Å². The van der Waals surface area contributed by atoms with Crippen molar-refractivity contribution in [1.82, 2.24) is 19.7 Å². The van der Waals surface area contributed by atoms with Gasteiger partial charge >= 0.3 is 0 Å². The summed E-state index contributed by atoms with van der Waals surface area (Å²) >= 11 is 1.65. The van der Waals surface area contributed by atoms with Crippen molar-refractivity contribution in [2.75, 3.05) is 11.4 Å². The fraction of sp³-hybridized carbons (Fsp3) is 0.308. The molecule has 0 radical (unpaired) electrons. The lowest BCUT2D eigenvalue weighted by Crippen LogP contribution is -2.23. The number of aromatic nitrogens is 4. The summed E-state index contributed by atoms with van der Waals surface area (Å²) in [6, 6.07) is 2.08. The highest BCUT2D eigenvalue weighted by molar-refractivity contribution is 7.16. The zero-order valence-corrected chi connectivity index (χ0v) is 11.8. The second-order valence-corrected chi connectivity index (χ2v) is 5.27. The lowest BCUT2D eigenvalue weighted by molar-refractivity contribution is 0.764. The lowest BCUT2D eigenvalue weighted by Gasteiger charge is -2.21. The molecule has 0 aliphatic heterocycles. The number of hydrogen-bond donors (Lipinski definition) is 0. The Hall–Kier alpha value is -1.95. The number of anilines is 1. The lowest BCUT2D eigenvalue weighted by atomic mass is 10.3. The molecule has 3 rings (SSSR count). The molecule has 0 spiro atoms. The molecule has 19 heavy (non-hydrogen) atoms.